The van der Waals surface area contributed by atoms with Crippen molar-refractivity contribution < 1.29 is 23.8 Å². The molecular weight excluding hydrogens is 765 g/mol. The summed E-state index contributed by atoms with van der Waals surface area (Å²) in [6.07, 6.45) is 66.6. The first-order valence-corrected chi connectivity index (χ1v) is 26.8. The quantitative estimate of drug-likeness (QED) is 0.0346. The third-order valence-corrected chi connectivity index (χ3v) is 11.5. The normalized spacial score (nSPS) is 12.6. The van der Waals surface area contributed by atoms with Crippen molar-refractivity contribution in [2.75, 3.05) is 19.8 Å². The van der Waals surface area contributed by atoms with Gasteiger partial charge in [0.25, 0.3) is 0 Å². The number of hydrogen-bond acceptors (Lipinski definition) is 5. The Morgan fingerprint density at radius 2 is 0.726 bits per heavy atom. The standard InChI is InChI=1S/C57H102O5/c1-4-7-10-13-16-19-22-25-26-27-28-29-30-31-34-37-40-43-46-49-52-60-53-55(62-57(59)51-48-45-42-39-36-33-24-21-18-15-12-9-6-3)54-61-56(58)50-47-44-41-38-35-32-23-20-17-14-11-8-5-2/h7,10,16,19-20,23,25-26,28-29,55H,4-6,8-9,11-15,17-18,21-22,24,27,30-54H2,1-3H3/b10-7-,19-16-,23-20-,26-25-,29-28-. The van der Waals surface area contributed by atoms with Crippen LogP contribution in [-0.4, -0.2) is 37.9 Å². The highest BCUT2D eigenvalue weighted by molar-refractivity contribution is 5.70. The summed E-state index contributed by atoms with van der Waals surface area (Å²) in [6, 6.07) is 0. The van der Waals surface area contributed by atoms with Crippen molar-refractivity contribution in [1.82, 2.24) is 0 Å². The minimum absolute atomic E-state index is 0.0782. The fraction of sp³-hybridized carbons (Fsp3) is 0.789. The predicted molar refractivity (Wildman–Crippen MR) is 270 cm³/mol. The molecule has 0 aromatic heterocycles. The van der Waals surface area contributed by atoms with Crippen LogP contribution >= 0.6 is 0 Å². The van der Waals surface area contributed by atoms with Crippen LogP contribution in [0.5, 0.6) is 0 Å². The largest absolute Gasteiger partial charge is 0.462 e. The molecule has 360 valence electrons. The molecule has 0 amide bonds. The molecule has 5 heteroatoms. The lowest BCUT2D eigenvalue weighted by molar-refractivity contribution is -0.163. The molecule has 0 bridgehead atoms. The maximum absolute atomic E-state index is 12.8. The number of ether oxygens (including phenoxy) is 3. The fourth-order valence-corrected chi connectivity index (χ4v) is 7.56. The lowest BCUT2D eigenvalue weighted by atomic mass is 10.0. The number of carbonyl (C=O) groups excluding carboxylic acids is 2. The van der Waals surface area contributed by atoms with Crippen molar-refractivity contribution in [3.63, 3.8) is 0 Å². The molecule has 0 aliphatic heterocycles. The molecule has 0 aliphatic carbocycles. The van der Waals surface area contributed by atoms with E-state index in [4.69, 9.17) is 14.2 Å². The Hall–Kier alpha value is -2.40. The lowest BCUT2D eigenvalue weighted by Crippen LogP contribution is -2.30. The third-order valence-electron chi connectivity index (χ3n) is 11.5. The van der Waals surface area contributed by atoms with Gasteiger partial charge in [-0.3, -0.25) is 9.59 Å². The van der Waals surface area contributed by atoms with Crippen LogP contribution in [0.15, 0.2) is 60.8 Å². The lowest BCUT2D eigenvalue weighted by Gasteiger charge is -2.18. The molecule has 0 aromatic rings. The molecule has 1 unspecified atom stereocenters. The number of allylic oxidation sites excluding steroid dienone is 10. The van der Waals surface area contributed by atoms with Crippen LogP contribution in [0.2, 0.25) is 0 Å². The van der Waals surface area contributed by atoms with Crippen molar-refractivity contribution in [1.29, 1.82) is 0 Å². The van der Waals surface area contributed by atoms with Gasteiger partial charge in [-0.15, -0.1) is 0 Å². The minimum Gasteiger partial charge on any atom is -0.462 e. The van der Waals surface area contributed by atoms with Crippen LogP contribution in [0.1, 0.15) is 265 Å². The Balaban J connectivity index is 4.26. The molecule has 0 saturated carbocycles. The van der Waals surface area contributed by atoms with Gasteiger partial charge < -0.3 is 14.2 Å². The molecule has 0 spiro atoms. The van der Waals surface area contributed by atoms with Gasteiger partial charge >= 0.3 is 11.9 Å². The summed E-state index contributed by atoms with van der Waals surface area (Å²) in [5, 5.41) is 0. The van der Waals surface area contributed by atoms with Crippen LogP contribution in [-0.2, 0) is 23.8 Å². The SMILES string of the molecule is CC/C=C\C/C=C\C/C=C\C/C=C\CCCCCCCCCOCC(COC(=O)CCCCCCC/C=C\CCCCCC)OC(=O)CCCCCCCCCCCCCCC. The molecule has 5 nitrogen and oxygen atoms in total. The van der Waals surface area contributed by atoms with E-state index in [1.165, 1.54) is 154 Å². The summed E-state index contributed by atoms with van der Waals surface area (Å²) in [5.74, 6) is -0.405. The van der Waals surface area contributed by atoms with E-state index in [2.05, 4.69) is 81.5 Å². The summed E-state index contributed by atoms with van der Waals surface area (Å²) < 4.78 is 17.4. The van der Waals surface area contributed by atoms with Crippen LogP contribution in [0.25, 0.3) is 0 Å². The topological polar surface area (TPSA) is 61.8 Å². The number of hydrogen-bond donors (Lipinski definition) is 0. The zero-order valence-electron chi connectivity index (χ0n) is 41.4. The van der Waals surface area contributed by atoms with Crippen molar-refractivity contribution in [2.45, 2.75) is 271 Å². The second-order valence-electron chi connectivity index (χ2n) is 17.8. The molecular formula is C57H102O5. The number of esters is 2. The first kappa shape index (κ1) is 59.6. The molecule has 0 aliphatic rings. The van der Waals surface area contributed by atoms with Crippen molar-refractivity contribution in [2.24, 2.45) is 0 Å². The second kappa shape index (κ2) is 52.9. The molecule has 62 heavy (non-hydrogen) atoms. The van der Waals surface area contributed by atoms with Crippen molar-refractivity contribution in [3.05, 3.63) is 60.8 Å². The second-order valence-corrected chi connectivity index (χ2v) is 17.8. The minimum atomic E-state index is -0.543. The van der Waals surface area contributed by atoms with Gasteiger partial charge in [-0.2, -0.15) is 0 Å². The van der Waals surface area contributed by atoms with E-state index in [0.717, 1.165) is 77.0 Å². The summed E-state index contributed by atoms with van der Waals surface area (Å²) in [6.45, 7) is 7.70. The zero-order valence-corrected chi connectivity index (χ0v) is 41.4. The zero-order chi connectivity index (χ0) is 44.9. The summed E-state index contributed by atoms with van der Waals surface area (Å²) in [7, 11) is 0. The van der Waals surface area contributed by atoms with Gasteiger partial charge in [0.1, 0.15) is 6.61 Å². The third kappa shape index (κ3) is 50.2. The fourth-order valence-electron chi connectivity index (χ4n) is 7.56. The van der Waals surface area contributed by atoms with E-state index in [9.17, 15) is 9.59 Å². The molecule has 0 aromatic carbocycles. The van der Waals surface area contributed by atoms with Gasteiger partial charge in [-0.25, -0.2) is 0 Å². The highest BCUT2D eigenvalue weighted by Gasteiger charge is 2.17. The van der Waals surface area contributed by atoms with Gasteiger partial charge in [0.15, 0.2) is 6.10 Å². The van der Waals surface area contributed by atoms with Crippen molar-refractivity contribution in [3.8, 4) is 0 Å². The van der Waals surface area contributed by atoms with E-state index in [1.807, 2.05) is 0 Å². The number of rotatable bonds is 49. The molecule has 0 rings (SSSR count). The summed E-state index contributed by atoms with van der Waals surface area (Å²) >= 11 is 0. The van der Waals surface area contributed by atoms with Crippen LogP contribution in [0, 0.1) is 0 Å². The first-order chi connectivity index (χ1) is 30.6. The Kier molecular flexibility index (Phi) is 50.9. The predicted octanol–water partition coefficient (Wildman–Crippen LogP) is 18.1. The van der Waals surface area contributed by atoms with E-state index in [1.54, 1.807) is 0 Å². The molecule has 0 heterocycles. The number of unbranched alkanes of at least 4 members (excludes halogenated alkanes) is 28. The van der Waals surface area contributed by atoms with E-state index < -0.39 is 6.10 Å². The monoisotopic (exact) mass is 867 g/mol. The maximum Gasteiger partial charge on any atom is 0.306 e. The molecule has 0 saturated heterocycles. The first-order valence-electron chi connectivity index (χ1n) is 26.8. The average molecular weight is 867 g/mol. The Morgan fingerprint density at radius 3 is 1.19 bits per heavy atom. The smallest absolute Gasteiger partial charge is 0.306 e. The maximum atomic E-state index is 12.8. The summed E-state index contributed by atoms with van der Waals surface area (Å²) in [4.78, 5) is 25.4. The van der Waals surface area contributed by atoms with Gasteiger partial charge in [-0.1, -0.05) is 229 Å². The van der Waals surface area contributed by atoms with E-state index in [-0.39, 0.29) is 25.2 Å². The van der Waals surface area contributed by atoms with E-state index in [0.29, 0.717) is 19.4 Å². The van der Waals surface area contributed by atoms with E-state index >= 15 is 0 Å². The van der Waals surface area contributed by atoms with Gasteiger partial charge in [0.2, 0.25) is 0 Å². The molecule has 1 atom stereocenters. The highest BCUT2D eigenvalue weighted by Crippen LogP contribution is 2.15. The average Bonchev–Trinajstić information content (AvgIpc) is 3.27. The summed E-state index contributed by atoms with van der Waals surface area (Å²) in [5.41, 5.74) is 0. The van der Waals surface area contributed by atoms with Crippen LogP contribution in [0.4, 0.5) is 0 Å². The molecule has 0 fully saturated rings. The van der Waals surface area contributed by atoms with Crippen molar-refractivity contribution >= 4 is 11.9 Å². The van der Waals surface area contributed by atoms with Gasteiger partial charge in [0.05, 0.1) is 6.61 Å². The van der Waals surface area contributed by atoms with Gasteiger partial charge in [0, 0.05) is 19.4 Å². The van der Waals surface area contributed by atoms with Crippen LogP contribution < -0.4 is 0 Å². The molecule has 0 N–H and O–H groups in total. The molecule has 0 radical (unpaired) electrons. The Morgan fingerprint density at radius 1 is 0.371 bits per heavy atom. The van der Waals surface area contributed by atoms with Gasteiger partial charge in [-0.05, 0) is 83.5 Å². The van der Waals surface area contributed by atoms with Crippen LogP contribution in [0.3, 0.4) is 0 Å². The Labute approximate surface area is 385 Å². The Bertz CT molecular complexity index is 1070. The highest BCUT2D eigenvalue weighted by atomic mass is 16.6. The number of carbonyl (C=O) groups is 2.